The highest BCUT2D eigenvalue weighted by Gasteiger charge is 2.14. The predicted molar refractivity (Wildman–Crippen MR) is 110 cm³/mol. The minimum Gasteiger partial charge on any atom is -0.497 e. The van der Waals surface area contributed by atoms with Crippen molar-refractivity contribution in [2.24, 2.45) is 0 Å². The summed E-state index contributed by atoms with van der Waals surface area (Å²) in [5, 5.41) is 2.04. The highest BCUT2D eigenvalue weighted by molar-refractivity contribution is 6.31. The lowest BCUT2D eigenvalue weighted by atomic mass is 9.88. The molecule has 0 N–H and O–H groups in total. The van der Waals surface area contributed by atoms with Crippen LogP contribution in [0.15, 0.2) is 54.7 Å². The smallest absolute Gasteiger partial charge is 0.119 e. The van der Waals surface area contributed by atoms with E-state index in [1.165, 1.54) is 16.5 Å². The Labute approximate surface area is 161 Å². The fraction of sp³-hybridized carbons (Fsp3) is 0.304. The first-order valence-electron chi connectivity index (χ1n) is 9.22. The molecule has 1 atom stereocenters. The molecule has 3 rings (SSSR count). The third-order valence-electron chi connectivity index (χ3n) is 4.83. The molecule has 0 saturated heterocycles. The second-order valence-electron chi connectivity index (χ2n) is 6.52. The Morgan fingerprint density at radius 2 is 2.00 bits per heavy atom. The maximum atomic E-state index is 6.42. The van der Waals surface area contributed by atoms with Crippen LogP contribution in [0.3, 0.4) is 0 Å². The maximum Gasteiger partial charge on any atom is 0.119 e. The van der Waals surface area contributed by atoms with Crippen LogP contribution in [0.25, 0.3) is 10.9 Å². The molecule has 0 spiro atoms. The first-order valence-corrected chi connectivity index (χ1v) is 9.60. The molecule has 3 heteroatoms. The number of methoxy groups -OCH3 is 1. The number of aromatic nitrogens is 1. The van der Waals surface area contributed by atoms with Crippen molar-refractivity contribution in [2.75, 3.05) is 7.11 Å². The number of ether oxygens (including phenoxy) is 1. The van der Waals surface area contributed by atoms with E-state index >= 15 is 0 Å². The van der Waals surface area contributed by atoms with Gasteiger partial charge in [0.25, 0.3) is 0 Å². The molecule has 0 saturated carbocycles. The normalized spacial score (nSPS) is 12.3. The quantitative estimate of drug-likeness (QED) is 0.447. The molecule has 0 aliphatic rings. The van der Waals surface area contributed by atoms with E-state index in [0.29, 0.717) is 5.92 Å². The van der Waals surface area contributed by atoms with Crippen LogP contribution in [0.2, 0.25) is 5.02 Å². The first kappa shape index (κ1) is 18.7. The first-order chi connectivity index (χ1) is 12.7. The second-order valence-corrected chi connectivity index (χ2v) is 6.92. The summed E-state index contributed by atoms with van der Waals surface area (Å²) in [4.78, 5) is 4.47. The van der Waals surface area contributed by atoms with Crippen molar-refractivity contribution in [3.8, 4) is 5.75 Å². The van der Waals surface area contributed by atoms with Gasteiger partial charge in [-0.05, 0) is 73.1 Å². The molecule has 0 unspecified atom stereocenters. The SMILES string of the molecule is CC[CH][C@H](CCCc1ccnc2ccc(OC)cc12)c1ccccc1Cl. The van der Waals surface area contributed by atoms with Gasteiger partial charge in [0.05, 0.1) is 12.6 Å². The van der Waals surface area contributed by atoms with Crippen LogP contribution in [-0.4, -0.2) is 12.1 Å². The molecular formula is C23H25ClNO. The topological polar surface area (TPSA) is 22.1 Å². The Morgan fingerprint density at radius 3 is 2.77 bits per heavy atom. The number of hydrogen-bond acceptors (Lipinski definition) is 2. The molecule has 135 valence electrons. The third-order valence-corrected chi connectivity index (χ3v) is 5.17. The van der Waals surface area contributed by atoms with Crippen LogP contribution in [0.4, 0.5) is 0 Å². The minimum absolute atomic E-state index is 0.399. The second kappa shape index (κ2) is 9.05. The van der Waals surface area contributed by atoms with Gasteiger partial charge in [0.15, 0.2) is 0 Å². The van der Waals surface area contributed by atoms with Crippen LogP contribution >= 0.6 is 11.6 Å². The summed E-state index contributed by atoms with van der Waals surface area (Å²) in [7, 11) is 1.70. The number of pyridine rings is 1. The van der Waals surface area contributed by atoms with Gasteiger partial charge in [-0.25, -0.2) is 0 Å². The van der Waals surface area contributed by atoms with Gasteiger partial charge < -0.3 is 4.74 Å². The Kier molecular flexibility index (Phi) is 6.51. The Bertz CT molecular complexity index is 862. The number of aryl methyl sites for hydroxylation is 1. The van der Waals surface area contributed by atoms with Gasteiger partial charge in [-0.1, -0.05) is 43.1 Å². The van der Waals surface area contributed by atoms with E-state index in [9.17, 15) is 0 Å². The van der Waals surface area contributed by atoms with E-state index < -0.39 is 0 Å². The number of hydrogen-bond donors (Lipinski definition) is 0. The average molecular weight is 367 g/mol. The summed E-state index contributed by atoms with van der Waals surface area (Å²) in [5.41, 5.74) is 3.58. The van der Waals surface area contributed by atoms with Gasteiger partial charge in [0.2, 0.25) is 0 Å². The van der Waals surface area contributed by atoms with E-state index in [1.54, 1.807) is 7.11 Å². The number of fused-ring (bicyclic) bond motifs is 1. The van der Waals surface area contributed by atoms with Gasteiger partial charge >= 0.3 is 0 Å². The lowest BCUT2D eigenvalue weighted by Crippen LogP contribution is -2.02. The largest absolute Gasteiger partial charge is 0.497 e. The minimum atomic E-state index is 0.399. The van der Waals surface area contributed by atoms with Crippen molar-refractivity contribution in [3.63, 3.8) is 0 Å². The van der Waals surface area contributed by atoms with E-state index in [2.05, 4.69) is 42.6 Å². The molecule has 3 aromatic rings. The average Bonchev–Trinajstić information content (AvgIpc) is 2.67. The van der Waals surface area contributed by atoms with Crippen molar-refractivity contribution in [2.45, 2.75) is 38.5 Å². The van der Waals surface area contributed by atoms with Crippen LogP contribution in [0, 0.1) is 6.42 Å². The lowest BCUT2D eigenvalue weighted by molar-refractivity contribution is 0.415. The molecule has 0 bridgehead atoms. The molecule has 2 nitrogen and oxygen atoms in total. The summed E-state index contributed by atoms with van der Waals surface area (Å²) >= 11 is 6.42. The number of nitrogens with zero attached hydrogens (tertiary/aromatic N) is 1. The predicted octanol–water partition coefficient (Wildman–Crippen LogP) is 6.62. The molecule has 1 aromatic heterocycles. The molecule has 0 aliphatic heterocycles. The summed E-state index contributed by atoms with van der Waals surface area (Å²) in [5.74, 6) is 1.27. The molecule has 1 radical (unpaired) electrons. The van der Waals surface area contributed by atoms with Crippen molar-refractivity contribution in [1.82, 2.24) is 4.98 Å². The Hall–Kier alpha value is -2.06. The summed E-state index contributed by atoms with van der Waals surface area (Å²) in [6.07, 6.45) is 8.52. The molecule has 0 amide bonds. The van der Waals surface area contributed by atoms with Crippen LogP contribution in [0.5, 0.6) is 5.75 Å². The van der Waals surface area contributed by atoms with Gasteiger partial charge in [-0.3, -0.25) is 4.98 Å². The summed E-state index contributed by atoms with van der Waals surface area (Å²) in [6.45, 7) is 2.19. The van der Waals surface area contributed by atoms with Crippen LogP contribution in [-0.2, 0) is 6.42 Å². The van der Waals surface area contributed by atoms with Gasteiger partial charge in [0, 0.05) is 16.6 Å². The van der Waals surface area contributed by atoms with E-state index in [0.717, 1.165) is 42.0 Å². The zero-order valence-corrected chi connectivity index (χ0v) is 16.2. The molecule has 2 aromatic carbocycles. The van der Waals surface area contributed by atoms with Crippen molar-refractivity contribution < 1.29 is 4.74 Å². The molecule has 1 heterocycles. The standard InChI is InChI=1S/C23H25ClNO/c1-3-7-17(20-10-4-5-11-22(20)24)8-6-9-18-14-15-25-23-13-12-19(26-2)16-21(18)23/h4-5,7,10-17H,3,6,8-9H2,1-2H3/t17-/m1/s1. The van der Waals surface area contributed by atoms with Gasteiger partial charge in [-0.15, -0.1) is 0 Å². The fourth-order valence-corrected chi connectivity index (χ4v) is 3.78. The van der Waals surface area contributed by atoms with Gasteiger partial charge in [-0.2, -0.15) is 0 Å². The fourth-order valence-electron chi connectivity index (χ4n) is 3.50. The Morgan fingerprint density at radius 1 is 1.15 bits per heavy atom. The van der Waals surface area contributed by atoms with E-state index in [4.69, 9.17) is 16.3 Å². The van der Waals surface area contributed by atoms with Crippen molar-refractivity contribution >= 4 is 22.5 Å². The third kappa shape index (κ3) is 4.37. The van der Waals surface area contributed by atoms with Gasteiger partial charge in [0.1, 0.15) is 5.75 Å². The molecular weight excluding hydrogens is 342 g/mol. The lowest BCUT2D eigenvalue weighted by Gasteiger charge is -2.18. The zero-order valence-electron chi connectivity index (χ0n) is 15.4. The van der Waals surface area contributed by atoms with Crippen molar-refractivity contribution in [3.05, 3.63) is 77.3 Å². The zero-order chi connectivity index (χ0) is 18.4. The number of halogens is 1. The molecule has 0 fully saturated rings. The number of rotatable bonds is 8. The highest BCUT2D eigenvalue weighted by atomic mass is 35.5. The van der Waals surface area contributed by atoms with E-state index in [-0.39, 0.29) is 0 Å². The van der Waals surface area contributed by atoms with Crippen molar-refractivity contribution in [1.29, 1.82) is 0 Å². The van der Waals surface area contributed by atoms with Crippen LogP contribution in [0.1, 0.15) is 43.2 Å². The Balaban J connectivity index is 1.74. The molecule has 26 heavy (non-hydrogen) atoms. The summed E-state index contributed by atoms with van der Waals surface area (Å²) in [6, 6.07) is 16.4. The maximum absolute atomic E-state index is 6.42. The monoisotopic (exact) mass is 366 g/mol. The highest BCUT2D eigenvalue weighted by Crippen LogP contribution is 2.32. The molecule has 0 aliphatic carbocycles. The summed E-state index contributed by atoms with van der Waals surface area (Å²) < 4.78 is 5.38. The number of benzene rings is 2. The van der Waals surface area contributed by atoms with Crippen LogP contribution < -0.4 is 4.74 Å². The van der Waals surface area contributed by atoms with E-state index in [1.807, 2.05) is 30.5 Å².